The predicted molar refractivity (Wildman–Crippen MR) is 72.1 cm³/mol. The highest BCUT2D eigenvalue weighted by Crippen LogP contribution is 2.30. The van der Waals surface area contributed by atoms with Crippen molar-refractivity contribution in [2.24, 2.45) is 0 Å². The summed E-state index contributed by atoms with van der Waals surface area (Å²) < 4.78 is 10.2. The highest BCUT2D eigenvalue weighted by molar-refractivity contribution is 7.12. The molecule has 1 aromatic heterocycles. The van der Waals surface area contributed by atoms with Crippen LogP contribution in [0.5, 0.6) is 11.5 Å². The van der Waals surface area contributed by atoms with Crippen LogP contribution in [0.15, 0.2) is 35.7 Å². The Labute approximate surface area is 114 Å². The average Bonchev–Trinajstić information content (AvgIpc) is 2.85. The van der Waals surface area contributed by atoms with E-state index in [0.29, 0.717) is 16.2 Å². The fourth-order valence-corrected chi connectivity index (χ4v) is 2.42. The van der Waals surface area contributed by atoms with Crippen LogP contribution in [0.4, 0.5) is 0 Å². The van der Waals surface area contributed by atoms with E-state index in [1.165, 1.54) is 25.4 Å². The lowest BCUT2D eigenvalue weighted by atomic mass is 10.1. The van der Waals surface area contributed by atoms with Gasteiger partial charge in [0.25, 0.3) is 0 Å². The minimum Gasteiger partial charge on any atom is -0.496 e. The maximum Gasteiger partial charge on any atom is 0.308 e. The number of benzene rings is 1. The smallest absolute Gasteiger partial charge is 0.308 e. The van der Waals surface area contributed by atoms with Gasteiger partial charge in [0.15, 0.2) is 5.75 Å². The topological polar surface area (TPSA) is 52.6 Å². The van der Waals surface area contributed by atoms with Crippen LogP contribution in [0.25, 0.3) is 0 Å². The van der Waals surface area contributed by atoms with E-state index in [1.807, 2.05) is 0 Å². The van der Waals surface area contributed by atoms with Crippen molar-refractivity contribution in [1.82, 2.24) is 0 Å². The van der Waals surface area contributed by atoms with E-state index in [0.717, 1.165) is 0 Å². The number of esters is 1. The summed E-state index contributed by atoms with van der Waals surface area (Å²) in [4.78, 5) is 23.8. The molecule has 0 saturated carbocycles. The van der Waals surface area contributed by atoms with Gasteiger partial charge in [-0.25, -0.2) is 0 Å². The largest absolute Gasteiger partial charge is 0.496 e. The first-order chi connectivity index (χ1) is 9.13. The molecule has 0 N–H and O–H groups in total. The van der Waals surface area contributed by atoms with Crippen LogP contribution >= 0.6 is 11.3 Å². The van der Waals surface area contributed by atoms with Crippen LogP contribution in [0.2, 0.25) is 0 Å². The van der Waals surface area contributed by atoms with E-state index in [9.17, 15) is 9.59 Å². The van der Waals surface area contributed by atoms with Gasteiger partial charge in [0.1, 0.15) is 10.6 Å². The summed E-state index contributed by atoms with van der Waals surface area (Å²) in [7, 11) is 1.51. The molecule has 0 atom stereocenters. The quantitative estimate of drug-likeness (QED) is 0.636. The molecule has 0 unspecified atom stereocenters. The van der Waals surface area contributed by atoms with E-state index in [-0.39, 0.29) is 11.5 Å². The Balaban J connectivity index is 2.39. The second-order valence-electron chi connectivity index (χ2n) is 3.74. The average molecular weight is 276 g/mol. The Morgan fingerprint density at radius 1 is 1.11 bits per heavy atom. The first-order valence-corrected chi connectivity index (χ1v) is 6.45. The molecule has 5 heteroatoms. The van der Waals surface area contributed by atoms with Crippen molar-refractivity contribution in [3.05, 3.63) is 46.2 Å². The Kier molecular flexibility index (Phi) is 3.97. The number of ketones is 1. The molecule has 1 heterocycles. The summed E-state index contributed by atoms with van der Waals surface area (Å²) in [5.74, 6) is 0.110. The summed E-state index contributed by atoms with van der Waals surface area (Å²) in [6.45, 7) is 1.30. The lowest BCUT2D eigenvalue weighted by molar-refractivity contribution is -0.131. The number of thiophene rings is 1. The molecule has 2 rings (SSSR count). The van der Waals surface area contributed by atoms with Crippen LogP contribution in [-0.2, 0) is 4.79 Å². The van der Waals surface area contributed by atoms with Crippen molar-refractivity contribution >= 4 is 23.1 Å². The van der Waals surface area contributed by atoms with Crippen LogP contribution in [-0.4, -0.2) is 18.9 Å². The maximum absolute atomic E-state index is 12.4. The van der Waals surface area contributed by atoms with Gasteiger partial charge in [0, 0.05) is 6.92 Å². The second kappa shape index (κ2) is 5.67. The number of para-hydroxylation sites is 1. The Bertz CT molecular complexity index is 615. The van der Waals surface area contributed by atoms with Gasteiger partial charge in [-0.2, -0.15) is 0 Å². The van der Waals surface area contributed by atoms with E-state index < -0.39 is 5.97 Å². The van der Waals surface area contributed by atoms with Crippen LogP contribution in [0.3, 0.4) is 0 Å². The molecule has 0 fully saturated rings. The highest BCUT2D eigenvalue weighted by atomic mass is 32.1. The molecule has 98 valence electrons. The monoisotopic (exact) mass is 276 g/mol. The van der Waals surface area contributed by atoms with Gasteiger partial charge in [-0.1, -0.05) is 12.1 Å². The number of methoxy groups -OCH3 is 1. The molecule has 0 amide bonds. The van der Waals surface area contributed by atoms with E-state index >= 15 is 0 Å². The minimum absolute atomic E-state index is 0.219. The predicted octanol–water partition coefficient (Wildman–Crippen LogP) is 2.91. The Morgan fingerprint density at radius 3 is 2.53 bits per heavy atom. The zero-order valence-corrected chi connectivity index (χ0v) is 11.3. The SMILES string of the molecule is COc1ccccc1C(=O)c1sccc1OC(C)=O. The zero-order valence-electron chi connectivity index (χ0n) is 10.5. The lowest BCUT2D eigenvalue weighted by Gasteiger charge is -2.07. The normalized spacial score (nSPS) is 10.0. The van der Waals surface area contributed by atoms with Gasteiger partial charge in [-0.15, -0.1) is 11.3 Å². The molecule has 0 radical (unpaired) electrons. The highest BCUT2D eigenvalue weighted by Gasteiger charge is 2.20. The Morgan fingerprint density at radius 2 is 1.84 bits per heavy atom. The summed E-state index contributed by atoms with van der Waals surface area (Å²) >= 11 is 1.23. The molecular formula is C14H12O4S. The van der Waals surface area contributed by atoms with Crippen molar-refractivity contribution in [1.29, 1.82) is 0 Å². The third kappa shape index (κ3) is 2.82. The number of rotatable bonds is 4. The van der Waals surface area contributed by atoms with Crippen molar-refractivity contribution in [3.8, 4) is 11.5 Å². The molecule has 0 bridgehead atoms. The van der Waals surface area contributed by atoms with Gasteiger partial charge in [0.05, 0.1) is 12.7 Å². The Hall–Kier alpha value is -2.14. The first kappa shape index (κ1) is 13.3. The second-order valence-corrected chi connectivity index (χ2v) is 4.65. The van der Waals surface area contributed by atoms with Crippen LogP contribution < -0.4 is 9.47 Å². The van der Waals surface area contributed by atoms with Crippen molar-refractivity contribution in [3.63, 3.8) is 0 Å². The number of hydrogen-bond acceptors (Lipinski definition) is 5. The first-order valence-electron chi connectivity index (χ1n) is 5.57. The van der Waals surface area contributed by atoms with Crippen LogP contribution in [0, 0.1) is 0 Å². The summed E-state index contributed by atoms with van der Waals surface area (Å²) in [6.07, 6.45) is 0. The van der Waals surface area contributed by atoms with Gasteiger partial charge in [-0.3, -0.25) is 9.59 Å². The lowest BCUT2D eigenvalue weighted by Crippen LogP contribution is -2.07. The fraction of sp³-hybridized carbons (Fsp3) is 0.143. The van der Waals surface area contributed by atoms with Crippen LogP contribution in [0.1, 0.15) is 22.2 Å². The molecule has 4 nitrogen and oxygen atoms in total. The van der Waals surface area contributed by atoms with Gasteiger partial charge >= 0.3 is 5.97 Å². The van der Waals surface area contributed by atoms with Crippen molar-refractivity contribution in [2.75, 3.05) is 7.11 Å². The molecule has 0 spiro atoms. The minimum atomic E-state index is -0.451. The number of carbonyl (C=O) groups excluding carboxylic acids is 2. The number of ether oxygens (including phenoxy) is 2. The molecule has 0 aliphatic rings. The van der Waals surface area contributed by atoms with Crippen molar-refractivity contribution in [2.45, 2.75) is 6.92 Å². The molecular weight excluding hydrogens is 264 g/mol. The third-order valence-corrected chi connectivity index (χ3v) is 3.34. The van der Waals surface area contributed by atoms with E-state index in [2.05, 4.69) is 0 Å². The molecule has 2 aromatic rings. The molecule has 19 heavy (non-hydrogen) atoms. The fourth-order valence-electron chi connectivity index (χ4n) is 1.65. The zero-order chi connectivity index (χ0) is 13.8. The van der Waals surface area contributed by atoms with E-state index in [4.69, 9.17) is 9.47 Å². The third-order valence-electron chi connectivity index (χ3n) is 2.44. The summed E-state index contributed by atoms with van der Waals surface area (Å²) in [6, 6.07) is 8.55. The van der Waals surface area contributed by atoms with Gasteiger partial charge < -0.3 is 9.47 Å². The molecule has 0 aliphatic carbocycles. The number of hydrogen-bond donors (Lipinski definition) is 0. The number of carbonyl (C=O) groups is 2. The molecule has 1 aromatic carbocycles. The van der Waals surface area contributed by atoms with E-state index in [1.54, 1.807) is 35.7 Å². The maximum atomic E-state index is 12.4. The summed E-state index contributed by atoms with van der Waals surface area (Å²) in [5, 5.41) is 1.71. The van der Waals surface area contributed by atoms with Gasteiger partial charge in [0.2, 0.25) is 5.78 Å². The molecule has 0 aliphatic heterocycles. The summed E-state index contributed by atoms with van der Waals surface area (Å²) in [5.41, 5.74) is 0.445. The standard InChI is InChI=1S/C14H12O4S/c1-9(15)18-12-7-8-19-14(12)13(16)10-5-3-4-6-11(10)17-2/h3-8H,1-2H3. The molecule has 0 saturated heterocycles. The van der Waals surface area contributed by atoms with Gasteiger partial charge in [-0.05, 0) is 23.6 Å². The van der Waals surface area contributed by atoms with Crippen molar-refractivity contribution < 1.29 is 19.1 Å².